The van der Waals surface area contributed by atoms with E-state index in [2.05, 4.69) is 29.6 Å². The molecule has 2 aromatic carbocycles. The topological polar surface area (TPSA) is 95.9 Å². The Morgan fingerprint density at radius 3 is 2.19 bits per heavy atom. The molecule has 0 spiro atoms. The summed E-state index contributed by atoms with van der Waals surface area (Å²) in [7, 11) is 1.68. The Balaban J connectivity index is 1.35. The van der Waals surface area contributed by atoms with Crippen LogP contribution in [0.25, 0.3) is 11.1 Å². The number of nitrogens with one attached hydrogen (secondary N) is 1. The number of nitrogens with zero attached hydrogens (tertiary/aromatic N) is 1. The van der Waals surface area contributed by atoms with Crippen molar-refractivity contribution in [1.82, 2.24) is 10.2 Å². The molecule has 2 amide bonds. The third kappa shape index (κ3) is 6.09. The Kier molecular flexibility index (Phi) is 8.25. The summed E-state index contributed by atoms with van der Waals surface area (Å²) in [6.07, 6.45) is 1.73. The standard InChI is InChI=1S/C25H30N2O5/c1-27(16-8-14-24(29)30)23(28)13-6-7-15-26-25(31)32-17-22-20-11-4-2-9-18(20)19-10-3-5-12-21(19)22/h2-5,9-12,22H,6-8,13-17H2,1H3,(H,26,31)(H,29,30). The van der Waals surface area contributed by atoms with Crippen molar-refractivity contribution in [3.63, 3.8) is 0 Å². The molecule has 2 N–H and O–H groups in total. The maximum atomic E-state index is 12.1. The fraction of sp³-hybridized carbons (Fsp3) is 0.400. The monoisotopic (exact) mass is 438 g/mol. The Hall–Kier alpha value is -3.35. The summed E-state index contributed by atoms with van der Waals surface area (Å²) >= 11 is 0. The van der Waals surface area contributed by atoms with E-state index in [4.69, 9.17) is 9.84 Å². The molecule has 0 unspecified atom stereocenters. The number of hydrogen-bond donors (Lipinski definition) is 2. The van der Waals surface area contributed by atoms with E-state index in [9.17, 15) is 14.4 Å². The lowest BCUT2D eigenvalue weighted by molar-refractivity contribution is -0.138. The number of benzene rings is 2. The summed E-state index contributed by atoms with van der Waals surface area (Å²) in [6.45, 7) is 1.15. The molecule has 2 aromatic rings. The second-order valence-electron chi connectivity index (χ2n) is 8.02. The van der Waals surface area contributed by atoms with Crippen LogP contribution in [-0.2, 0) is 14.3 Å². The first-order valence-electron chi connectivity index (χ1n) is 11.0. The fourth-order valence-corrected chi connectivity index (χ4v) is 4.02. The largest absolute Gasteiger partial charge is 0.481 e. The second-order valence-corrected chi connectivity index (χ2v) is 8.02. The minimum atomic E-state index is -0.856. The van der Waals surface area contributed by atoms with Gasteiger partial charge in [0.25, 0.3) is 0 Å². The molecule has 1 aliphatic rings. The number of carboxylic acid groups (broad SMARTS) is 1. The number of unbranched alkanes of at least 4 members (excludes halogenated alkanes) is 1. The van der Waals surface area contributed by atoms with E-state index in [1.54, 1.807) is 11.9 Å². The van der Waals surface area contributed by atoms with Gasteiger partial charge in [-0.2, -0.15) is 0 Å². The first-order valence-corrected chi connectivity index (χ1v) is 11.0. The zero-order valence-corrected chi connectivity index (χ0v) is 18.4. The van der Waals surface area contributed by atoms with Gasteiger partial charge in [0.15, 0.2) is 0 Å². The van der Waals surface area contributed by atoms with Crippen molar-refractivity contribution in [2.24, 2.45) is 0 Å². The molecule has 32 heavy (non-hydrogen) atoms. The summed E-state index contributed by atoms with van der Waals surface area (Å²) in [5.74, 6) is -0.843. The number of carbonyl (C=O) groups excluding carboxylic acids is 2. The summed E-state index contributed by atoms with van der Waals surface area (Å²) in [5.41, 5.74) is 4.73. The van der Waals surface area contributed by atoms with Crippen LogP contribution < -0.4 is 5.32 Å². The Morgan fingerprint density at radius 2 is 1.56 bits per heavy atom. The molecule has 0 saturated carbocycles. The fourth-order valence-electron chi connectivity index (χ4n) is 4.02. The Morgan fingerprint density at radius 1 is 0.938 bits per heavy atom. The van der Waals surface area contributed by atoms with Gasteiger partial charge in [-0.15, -0.1) is 0 Å². The van der Waals surface area contributed by atoms with Gasteiger partial charge in [-0.25, -0.2) is 4.79 Å². The molecule has 0 heterocycles. The Labute approximate surface area is 188 Å². The van der Waals surface area contributed by atoms with Crippen LogP contribution in [0.4, 0.5) is 4.79 Å². The van der Waals surface area contributed by atoms with E-state index in [-0.39, 0.29) is 24.9 Å². The van der Waals surface area contributed by atoms with E-state index < -0.39 is 12.1 Å². The van der Waals surface area contributed by atoms with Gasteiger partial charge in [0.1, 0.15) is 6.61 Å². The van der Waals surface area contributed by atoms with Gasteiger partial charge in [0.05, 0.1) is 0 Å². The molecule has 170 valence electrons. The molecule has 0 aromatic heterocycles. The van der Waals surface area contributed by atoms with Crippen LogP contribution in [0, 0.1) is 0 Å². The van der Waals surface area contributed by atoms with Crippen LogP contribution >= 0.6 is 0 Å². The van der Waals surface area contributed by atoms with Crippen LogP contribution in [0.1, 0.15) is 49.1 Å². The van der Waals surface area contributed by atoms with Crippen LogP contribution in [0.2, 0.25) is 0 Å². The lowest BCUT2D eigenvalue weighted by atomic mass is 9.98. The van der Waals surface area contributed by atoms with Gasteiger partial charge >= 0.3 is 12.1 Å². The van der Waals surface area contributed by atoms with E-state index in [1.165, 1.54) is 22.3 Å². The molecule has 0 bridgehead atoms. The van der Waals surface area contributed by atoms with Crippen LogP contribution in [0.3, 0.4) is 0 Å². The van der Waals surface area contributed by atoms with Crippen molar-refractivity contribution in [1.29, 1.82) is 0 Å². The van der Waals surface area contributed by atoms with Gasteiger partial charge in [-0.05, 0) is 41.5 Å². The highest BCUT2D eigenvalue weighted by atomic mass is 16.5. The summed E-state index contributed by atoms with van der Waals surface area (Å²) in [4.78, 5) is 36.3. The number of ether oxygens (including phenoxy) is 1. The molecule has 0 aliphatic heterocycles. The normalized spacial score (nSPS) is 12.0. The second kappa shape index (κ2) is 11.3. The number of carboxylic acids is 1. The molecule has 7 heteroatoms. The summed E-state index contributed by atoms with van der Waals surface area (Å²) in [6, 6.07) is 16.4. The van der Waals surface area contributed by atoms with Gasteiger partial charge in [-0.3, -0.25) is 9.59 Å². The molecule has 0 radical (unpaired) electrons. The van der Waals surface area contributed by atoms with E-state index >= 15 is 0 Å². The van der Waals surface area contributed by atoms with Gasteiger partial charge in [0, 0.05) is 38.9 Å². The van der Waals surface area contributed by atoms with Gasteiger partial charge in [-0.1, -0.05) is 48.5 Å². The van der Waals surface area contributed by atoms with Crippen molar-refractivity contribution in [2.45, 2.75) is 38.0 Å². The molecule has 7 nitrogen and oxygen atoms in total. The van der Waals surface area contributed by atoms with Crippen LogP contribution in [-0.4, -0.2) is 54.7 Å². The highest BCUT2D eigenvalue weighted by Crippen LogP contribution is 2.44. The minimum absolute atomic E-state index is 0.0171. The van der Waals surface area contributed by atoms with Crippen molar-refractivity contribution < 1.29 is 24.2 Å². The predicted molar refractivity (Wildman–Crippen MR) is 121 cm³/mol. The summed E-state index contributed by atoms with van der Waals surface area (Å²) < 4.78 is 5.50. The number of hydrogen-bond acceptors (Lipinski definition) is 4. The van der Waals surface area contributed by atoms with Crippen molar-refractivity contribution in [2.75, 3.05) is 26.7 Å². The maximum absolute atomic E-state index is 12.1. The Bertz CT molecular complexity index is 913. The molecular weight excluding hydrogens is 408 g/mol. The van der Waals surface area contributed by atoms with Crippen LogP contribution in [0.5, 0.6) is 0 Å². The number of carbonyl (C=O) groups is 3. The average Bonchev–Trinajstić information content (AvgIpc) is 3.10. The van der Waals surface area contributed by atoms with Crippen molar-refractivity contribution >= 4 is 18.0 Å². The van der Waals surface area contributed by atoms with E-state index in [0.717, 1.165) is 0 Å². The molecule has 0 atom stereocenters. The van der Waals surface area contributed by atoms with Gasteiger partial charge in [0.2, 0.25) is 5.91 Å². The van der Waals surface area contributed by atoms with Crippen LogP contribution in [0.15, 0.2) is 48.5 Å². The molecule has 0 fully saturated rings. The van der Waals surface area contributed by atoms with E-state index in [1.807, 2.05) is 24.3 Å². The molecule has 3 rings (SSSR count). The molecular formula is C25H30N2O5. The lowest BCUT2D eigenvalue weighted by Crippen LogP contribution is -2.29. The lowest BCUT2D eigenvalue weighted by Gasteiger charge is -2.16. The number of amides is 2. The SMILES string of the molecule is CN(CCCC(=O)O)C(=O)CCCCNC(=O)OCC1c2ccccc2-c2ccccc21. The first-order chi connectivity index (χ1) is 15.5. The third-order valence-corrected chi connectivity index (χ3v) is 5.74. The number of rotatable bonds is 11. The smallest absolute Gasteiger partial charge is 0.407 e. The zero-order chi connectivity index (χ0) is 22.9. The highest BCUT2D eigenvalue weighted by Gasteiger charge is 2.28. The number of aliphatic carboxylic acids is 1. The zero-order valence-electron chi connectivity index (χ0n) is 18.4. The summed E-state index contributed by atoms with van der Waals surface area (Å²) in [5, 5.41) is 11.4. The maximum Gasteiger partial charge on any atom is 0.407 e. The number of alkyl carbamates (subject to hydrolysis) is 1. The highest BCUT2D eigenvalue weighted by molar-refractivity contribution is 5.79. The predicted octanol–water partition coefficient (Wildman–Crippen LogP) is 4.02. The quantitative estimate of drug-likeness (QED) is 0.517. The molecule has 0 saturated heterocycles. The average molecular weight is 439 g/mol. The van der Waals surface area contributed by atoms with Gasteiger partial charge < -0.3 is 20.1 Å². The number of fused-ring (bicyclic) bond motifs is 3. The minimum Gasteiger partial charge on any atom is -0.481 e. The first kappa shape index (κ1) is 23.3. The van der Waals surface area contributed by atoms with Crippen molar-refractivity contribution in [3.05, 3.63) is 59.7 Å². The molecule has 1 aliphatic carbocycles. The third-order valence-electron chi connectivity index (χ3n) is 5.74. The van der Waals surface area contributed by atoms with E-state index in [0.29, 0.717) is 38.8 Å². The van der Waals surface area contributed by atoms with Crippen molar-refractivity contribution in [3.8, 4) is 11.1 Å².